The maximum absolute atomic E-state index is 13.4. The van der Waals surface area contributed by atoms with Crippen LogP contribution in [0.4, 0.5) is 27.6 Å². The Labute approximate surface area is 120 Å². The fraction of sp³-hybridized carbons (Fsp3) is 0.500. The summed E-state index contributed by atoms with van der Waals surface area (Å²) in [5.41, 5.74) is -1.02. The molecule has 0 aliphatic carbocycles. The van der Waals surface area contributed by atoms with Crippen LogP contribution in [0.3, 0.4) is 0 Å². The summed E-state index contributed by atoms with van der Waals surface area (Å²) in [6.07, 6.45) is 0.393. The molecule has 0 heterocycles. The molecule has 0 amide bonds. The first kappa shape index (κ1) is 17.9. The number of hydrogen-bond acceptors (Lipinski definition) is 3. The van der Waals surface area contributed by atoms with Gasteiger partial charge in [-0.05, 0) is 19.0 Å². The fourth-order valence-electron chi connectivity index (χ4n) is 1.67. The van der Waals surface area contributed by atoms with Crippen molar-refractivity contribution in [2.45, 2.75) is 19.0 Å². The second-order valence-corrected chi connectivity index (χ2v) is 8.10. The van der Waals surface area contributed by atoms with Gasteiger partial charge >= 0.3 is 8.56 Å². The Morgan fingerprint density at radius 1 is 0.857 bits per heavy atom. The summed E-state index contributed by atoms with van der Waals surface area (Å²) < 4.78 is 76.0. The molecule has 0 aliphatic heterocycles. The molecule has 0 aromatic heterocycles. The van der Waals surface area contributed by atoms with Crippen LogP contribution in [0.5, 0.6) is 0 Å². The summed E-state index contributed by atoms with van der Waals surface area (Å²) in [6.45, 7) is 1.82. The van der Waals surface area contributed by atoms with Crippen molar-refractivity contribution in [2.75, 3.05) is 26.1 Å². The molecule has 120 valence electrons. The second kappa shape index (κ2) is 7.19. The first-order valence-corrected chi connectivity index (χ1v) is 8.65. The van der Waals surface area contributed by atoms with E-state index in [1.807, 2.05) is 0 Å². The van der Waals surface area contributed by atoms with Crippen molar-refractivity contribution >= 4 is 14.2 Å². The number of nitrogens with one attached hydrogen (secondary N) is 1. The smallest absolute Gasteiger partial charge is 0.334 e. The van der Waals surface area contributed by atoms with Gasteiger partial charge in [-0.15, -0.1) is 0 Å². The normalized spacial score (nSPS) is 11.8. The standard InChI is InChI=1S/C12H16F5NO2Si/c1-19-21(3,20-2)6-4-5-18-12-10(16)8(14)7(13)9(15)11(12)17/h18H,4-6H2,1-3H3. The van der Waals surface area contributed by atoms with Gasteiger partial charge in [0.25, 0.3) is 0 Å². The van der Waals surface area contributed by atoms with E-state index in [2.05, 4.69) is 5.32 Å². The molecule has 1 aromatic rings. The van der Waals surface area contributed by atoms with E-state index in [1.54, 1.807) is 6.55 Å². The number of benzene rings is 1. The molecule has 1 N–H and O–H groups in total. The van der Waals surface area contributed by atoms with Crippen LogP contribution in [-0.4, -0.2) is 29.3 Å². The van der Waals surface area contributed by atoms with E-state index in [9.17, 15) is 22.0 Å². The van der Waals surface area contributed by atoms with Crippen molar-refractivity contribution in [1.82, 2.24) is 0 Å². The van der Waals surface area contributed by atoms with Gasteiger partial charge in [-0.1, -0.05) is 0 Å². The highest BCUT2D eigenvalue weighted by Gasteiger charge is 2.28. The van der Waals surface area contributed by atoms with Crippen LogP contribution in [0, 0.1) is 29.1 Å². The van der Waals surface area contributed by atoms with Gasteiger partial charge in [0, 0.05) is 20.8 Å². The molecular formula is C12H16F5NO2Si. The molecule has 1 aromatic carbocycles. The van der Waals surface area contributed by atoms with Gasteiger partial charge in [-0.3, -0.25) is 0 Å². The zero-order valence-electron chi connectivity index (χ0n) is 11.8. The molecule has 9 heteroatoms. The summed E-state index contributed by atoms with van der Waals surface area (Å²) in [5, 5.41) is 2.23. The van der Waals surface area contributed by atoms with Crippen LogP contribution in [0.1, 0.15) is 6.42 Å². The number of halogens is 5. The highest BCUT2D eigenvalue weighted by atomic mass is 28.4. The third-order valence-electron chi connectivity index (χ3n) is 3.18. The van der Waals surface area contributed by atoms with Crippen LogP contribution in [0.15, 0.2) is 0 Å². The van der Waals surface area contributed by atoms with Gasteiger partial charge < -0.3 is 14.2 Å². The van der Waals surface area contributed by atoms with Crippen molar-refractivity contribution in [3.05, 3.63) is 29.1 Å². The topological polar surface area (TPSA) is 30.5 Å². The Bertz CT molecular complexity index is 482. The maximum Gasteiger partial charge on any atom is 0.334 e. The van der Waals surface area contributed by atoms with E-state index >= 15 is 0 Å². The lowest BCUT2D eigenvalue weighted by Crippen LogP contribution is -2.36. The van der Waals surface area contributed by atoms with Crippen LogP contribution in [0.25, 0.3) is 0 Å². The minimum Gasteiger partial charge on any atom is -0.398 e. The highest BCUT2D eigenvalue weighted by molar-refractivity contribution is 6.65. The summed E-state index contributed by atoms with van der Waals surface area (Å²) in [5.74, 6) is -9.85. The molecule has 21 heavy (non-hydrogen) atoms. The molecule has 0 saturated heterocycles. The Hall–Kier alpha value is -1.19. The number of hydrogen-bond donors (Lipinski definition) is 1. The average Bonchev–Trinajstić information content (AvgIpc) is 2.50. The van der Waals surface area contributed by atoms with Gasteiger partial charge in [0.15, 0.2) is 23.3 Å². The summed E-state index contributed by atoms with van der Waals surface area (Å²) in [6, 6.07) is 0.502. The highest BCUT2D eigenvalue weighted by Crippen LogP contribution is 2.27. The third kappa shape index (κ3) is 3.92. The molecule has 3 nitrogen and oxygen atoms in total. The Kier molecular flexibility index (Phi) is 6.11. The fourth-order valence-corrected chi connectivity index (χ4v) is 3.06. The van der Waals surface area contributed by atoms with Crippen LogP contribution < -0.4 is 5.32 Å². The largest absolute Gasteiger partial charge is 0.398 e. The average molecular weight is 329 g/mol. The maximum atomic E-state index is 13.4. The predicted molar refractivity (Wildman–Crippen MR) is 69.8 cm³/mol. The van der Waals surface area contributed by atoms with Gasteiger partial charge in [-0.2, -0.15) is 0 Å². The quantitative estimate of drug-likeness (QED) is 0.273. The molecule has 0 spiro atoms. The monoisotopic (exact) mass is 329 g/mol. The SMILES string of the molecule is CO[Si](C)(CCCNc1c(F)c(F)c(F)c(F)c1F)OC. The third-order valence-corrected chi connectivity index (χ3v) is 6.17. The molecule has 0 aliphatic rings. The van der Waals surface area contributed by atoms with E-state index in [-0.39, 0.29) is 6.54 Å². The summed E-state index contributed by atoms with van der Waals surface area (Å²) in [7, 11) is 0.657. The molecule has 0 unspecified atom stereocenters. The molecule has 0 bridgehead atoms. The minimum atomic E-state index is -2.33. The Morgan fingerprint density at radius 3 is 1.71 bits per heavy atom. The van der Waals surface area contributed by atoms with Crippen molar-refractivity contribution in [1.29, 1.82) is 0 Å². The van der Waals surface area contributed by atoms with Gasteiger partial charge in [0.2, 0.25) is 5.82 Å². The first-order valence-electron chi connectivity index (χ1n) is 6.13. The van der Waals surface area contributed by atoms with E-state index in [1.165, 1.54) is 14.2 Å². The zero-order chi connectivity index (χ0) is 16.2. The van der Waals surface area contributed by atoms with Gasteiger partial charge in [0.05, 0.1) is 0 Å². The van der Waals surface area contributed by atoms with E-state index < -0.39 is 43.3 Å². The van der Waals surface area contributed by atoms with E-state index in [0.29, 0.717) is 12.5 Å². The zero-order valence-corrected chi connectivity index (χ0v) is 12.8. The Balaban J connectivity index is 2.73. The van der Waals surface area contributed by atoms with E-state index in [4.69, 9.17) is 8.85 Å². The molecule has 0 radical (unpaired) electrons. The number of rotatable bonds is 7. The van der Waals surface area contributed by atoms with Crippen molar-refractivity contribution in [3.63, 3.8) is 0 Å². The van der Waals surface area contributed by atoms with Gasteiger partial charge in [-0.25, -0.2) is 22.0 Å². The van der Waals surface area contributed by atoms with Crippen molar-refractivity contribution in [3.8, 4) is 0 Å². The molecular weight excluding hydrogens is 313 g/mol. The summed E-state index contributed by atoms with van der Waals surface area (Å²) in [4.78, 5) is 0. The predicted octanol–water partition coefficient (Wildman–Crippen LogP) is 3.55. The lowest BCUT2D eigenvalue weighted by atomic mass is 10.2. The minimum absolute atomic E-state index is 0.0215. The summed E-state index contributed by atoms with van der Waals surface area (Å²) >= 11 is 0. The van der Waals surface area contributed by atoms with Crippen molar-refractivity contribution < 1.29 is 30.8 Å². The molecule has 0 saturated carbocycles. The number of anilines is 1. The Morgan fingerprint density at radius 2 is 1.29 bits per heavy atom. The van der Waals surface area contributed by atoms with E-state index in [0.717, 1.165) is 0 Å². The molecule has 1 rings (SSSR count). The van der Waals surface area contributed by atoms with Crippen LogP contribution in [0.2, 0.25) is 12.6 Å². The second-order valence-electron chi connectivity index (χ2n) is 4.52. The lowest BCUT2D eigenvalue weighted by Gasteiger charge is -2.22. The molecule has 0 atom stereocenters. The van der Waals surface area contributed by atoms with Crippen LogP contribution >= 0.6 is 0 Å². The van der Waals surface area contributed by atoms with Crippen molar-refractivity contribution in [2.24, 2.45) is 0 Å². The first-order chi connectivity index (χ1) is 9.77. The molecule has 0 fully saturated rings. The van der Waals surface area contributed by atoms with Crippen LogP contribution in [-0.2, 0) is 8.85 Å². The lowest BCUT2D eigenvalue weighted by molar-refractivity contribution is 0.249. The van der Waals surface area contributed by atoms with Gasteiger partial charge in [0.1, 0.15) is 5.69 Å².